The van der Waals surface area contributed by atoms with Gasteiger partial charge >= 0.3 is 0 Å². The van der Waals surface area contributed by atoms with Crippen LogP contribution in [0.4, 0.5) is 5.82 Å². The van der Waals surface area contributed by atoms with E-state index in [1.54, 1.807) is 25.3 Å². The van der Waals surface area contributed by atoms with Gasteiger partial charge in [0.2, 0.25) is 0 Å². The Morgan fingerprint density at radius 3 is 3.11 bits per heavy atom. The Balaban J connectivity index is 2.15. The van der Waals surface area contributed by atoms with Gasteiger partial charge in [0, 0.05) is 11.8 Å². The van der Waals surface area contributed by atoms with Crippen LogP contribution in [-0.4, -0.2) is 22.6 Å². The number of pyridine rings is 1. The molecule has 1 amide bonds. The molecule has 0 aliphatic carbocycles. The first-order chi connectivity index (χ1) is 9.20. The third-order valence-corrected chi connectivity index (χ3v) is 2.33. The van der Waals surface area contributed by atoms with Gasteiger partial charge in [-0.1, -0.05) is 17.0 Å². The van der Waals surface area contributed by atoms with Crippen LogP contribution in [0, 0.1) is 18.8 Å². The van der Waals surface area contributed by atoms with Gasteiger partial charge in [-0.2, -0.15) is 0 Å². The molecular formula is C13H12N4O2. The number of hydrogen-bond acceptors (Lipinski definition) is 5. The first kappa shape index (κ1) is 12.8. The minimum atomic E-state index is -0.324. The first-order valence-corrected chi connectivity index (χ1v) is 5.58. The van der Waals surface area contributed by atoms with E-state index >= 15 is 0 Å². The summed E-state index contributed by atoms with van der Waals surface area (Å²) in [4.78, 5) is 16.0. The molecule has 2 aromatic heterocycles. The third kappa shape index (κ3) is 3.18. The number of carbonyl (C=O) groups is 1. The summed E-state index contributed by atoms with van der Waals surface area (Å²) < 4.78 is 4.83. The van der Waals surface area contributed by atoms with Gasteiger partial charge in [-0.3, -0.25) is 4.79 Å². The van der Waals surface area contributed by atoms with Crippen molar-refractivity contribution in [3.05, 3.63) is 41.4 Å². The second kappa shape index (κ2) is 5.80. The topological polar surface area (TPSA) is 94.0 Å². The Bertz CT molecular complexity index is 652. The monoisotopic (exact) mass is 256 g/mol. The van der Waals surface area contributed by atoms with Gasteiger partial charge < -0.3 is 15.6 Å². The molecular weight excluding hydrogens is 244 g/mol. The molecule has 0 radical (unpaired) electrons. The summed E-state index contributed by atoms with van der Waals surface area (Å²) in [6, 6.07) is 3.41. The third-order valence-electron chi connectivity index (χ3n) is 2.33. The standard InChI is InChI=1S/C13H12N4O2/c1-9-11(8-16-19-9)13(18)17-12-7-10(3-2-5-14)4-6-15-12/h4,6-8H,5,14H2,1H3,(H,15,17,18). The number of nitrogens with zero attached hydrogens (tertiary/aromatic N) is 2. The van der Waals surface area contributed by atoms with Crippen LogP contribution in [0.15, 0.2) is 29.0 Å². The lowest BCUT2D eigenvalue weighted by molar-refractivity contribution is 0.102. The van der Waals surface area contributed by atoms with Crippen LogP contribution in [0.1, 0.15) is 21.7 Å². The average molecular weight is 256 g/mol. The SMILES string of the molecule is Cc1oncc1C(=O)Nc1cc(C#CCN)ccn1. The maximum absolute atomic E-state index is 11.9. The Morgan fingerprint density at radius 1 is 1.58 bits per heavy atom. The highest BCUT2D eigenvalue weighted by atomic mass is 16.5. The van der Waals surface area contributed by atoms with E-state index in [1.165, 1.54) is 6.20 Å². The number of aryl methyl sites for hydroxylation is 1. The van der Waals surface area contributed by atoms with Crippen molar-refractivity contribution < 1.29 is 9.32 Å². The van der Waals surface area contributed by atoms with Crippen LogP contribution in [0.25, 0.3) is 0 Å². The van der Waals surface area contributed by atoms with Crippen LogP contribution in [0.3, 0.4) is 0 Å². The maximum Gasteiger partial charge on any atom is 0.262 e. The zero-order valence-corrected chi connectivity index (χ0v) is 10.3. The first-order valence-electron chi connectivity index (χ1n) is 5.58. The number of anilines is 1. The van der Waals surface area contributed by atoms with Gasteiger partial charge in [0.05, 0.1) is 12.7 Å². The number of amides is 1. The molecule has 6 nitrogen and oxygen atoms in total. The zero-order chi connectivity index (χ0) is 13.7. The molecule has 3 N–H and O–H groups in total. The normalized spacial score (nSPS) is 9.58. The average Bonchev–Trinajstić information content (AvgIpc) is 2.83. The van der Waals surface area contributed by atoms with Crippen LogP contribution in [0.2, 0.25) is 0 Å². The largest absolute Gasteiger partial charge is 0.361 e. The molecule has 0 saturated heterocycles. The van der Waals surface area contributed by atoms with E-state index < -0.39 is 0 Å². The summed E-state index contributed by atoms with van der Waals surface area (Å²) in [6.45, 7) is 1.95. The molecule has 2 heterocycles. The Morgan fingerprint density at radius 2 is 2.42 bits per heavy atom. The van der Waals surface area contributed by atoms with Crippen molar-refractivity contribution in [3.63, 3.8) is 0 Å². The molecule has 0 fully saturated rings. The number of nitrogens with two attached hydrogens (primary N) is 1. The van der Waals surface area contributed by atoms with Crippen molar-refractivity contribution >= 4 is 11.7 Å². The predicted octanol–water partition coefficient (Wildman–Crippen LogP) is 0.941. The smallest absolute Gasteiger partial charge is 0.262 e. The quantitative estimate of drug-likeness (QED) is 0.780. The van der Waals surface area contributed by atoms with Crippen molar-refractivity contribution in [1.82, 2.24) is 10.1 Å². The van der Waals surface area contributed by atoms with Crippen molar-refractivity contribution in [1.29, 1.82) is 0 Å². The molecule has 6 heteroatoms. The van der Waals surface area contributed by atoms with Gasteiger partial charge in [-0.25, -0.2) is 4.98 Å². The van der Waals surface area contributed by atoms with E-state index in [9.17, 15) is 4.79 Å². The molecule has 0 spiro atoms. The summed E-state index contributed by atoms with van der Waals surface area (Å²) in [5.41, 5.74) is 6.41. The van der Waals surface area contributed by atoms with Gasteiger partial charge in [-0.05, 0) is 19.1 Å². The fourth-order valence-electron chi connectivity index (χ4n) is 1.43. The molecule has 2 aromatic rings. The van der Waals surface area contributed by atoms with Gasteiger partial charge in [0.25, 0.3) is 5.91 Å². The number of nitrogens with one attached hydrogen (secondary N) is 1. The molecule has 0 atom stereocenters. The molecule has 96 valence electrons. The van der Waals surface area contributed by atoms with E-state index in [0.717, 1.165) is 5.56 Å². The van der Waals surface area contributed by atoms with E-state index in [4.69, 9.17) is 10.3 Å². The van der Waals surface area contributed by atoms with Crippen LogP contribution in [-0.2, 0) is 0 Å². The summed E-state index contributed by atoms with van der Waals surface area (Å²) >= 11 is 0. The van der Waals surface area contributed by atoms with Crippen molar-refractivity contribution in [2.24, 2.45) is 5.73 Å². The number of aromatic nitrogens is 2. The van der Waals surface area contributed by atoms with E-state index in [1.807, 2.05) is 0 Å². The summed E-state index contributed by atoms with van der Waals surface area (Å²) in [6.07, 6.45) is 2.93. The summed E-state index contributed by atoms with van der Waals surface area (Å²) in [5, 5.41) is 6.20. The lowest BCUT2D eigenvalue weighted by Gasteiger charge is -2.02. The molecule has 0 aliphatic heterocycles. The van der Waals surface area contributed by atoms with Crippen LogP contribution < -0.4 is 11.1 Å². The molecule has 0 aliphatic rings. The number of rotatable bonds is 2. The molecule has 2 rings (SSSR count). The summed E-state index contributed by atoms with van der Waals surface area (Å²) in [7, 11) is 0. The number of carbonyl (C=O) groups excluding carboxylic acids is 1. The predicted molar refractivity (Wildman–Crippen MR) is 69.4 cm³/mol. The van der Waals surface area contributed by atoms with Crippen LogP contribution >= 0.6 is 0 Å². The fourth-order valence-corrected chi connectivity index (χ4v) is 1.43. The molecule has 0 aromatic carbocycles. The highest BCUT2D eigenvalue weighted by Crippen LogP contribution is 2.11. The minimum Gasteiger partial charge on any atom is -0.361 e. The van der Waals surface area contributed by atoms with Crippen molar-refractivity contribution in [2.45, 2.75) is 6.92 Å². The second-order valence-electron chi connectivity index (χ2n) is 3.69. The zero-order valence-electron chi connectivity index (χ0n) is 10.3. The van der Waals surface area contributed by atoms with Gasteiger partial charge in [0.15, 0.2) is 0 Å². The summed E-state index contributed by atoms with van der Waals surface area (Å²) in [5.74, 6) is 6.14. The molecule has 0 bridgehead atoms. The van der Waals surface area contributed by atoms with E-state index in [2.05, 4.69) is 27.3 Å². The molecule has 0 saturated carbocycles. The van der Waals surface area contributed by atoms with E-state index in [0.29, 0.717) is 17.1 Å². The van der Waals surface area contributed by atoms with Gasteiger partial charge in [0.1, 0.15) is 17.1 Å². The highest BCUT2D eigenvalue weighted by molar-refractivity contribution is 6.04. The minimum absolute atomic E-state index is 0.282. The molecule has 0 unspecified atom stereocenters. The molecule has 19 heavy (non-hydrogen) atoms. The Labute approximate surface area is 110 Å². The number of hydrogen-bond donors (Lipinski definition) is 2. The lowest BCUT2D eigenvalue weighted by Crippen LogP contribution is -2.13. The maximum atomic E-state index is 11.9. The lowest BCUT2D eigenvalue weighted by atomic mass is 10.2. The van der Waals surface area contributed by atoms with Gasteiger partial charge in [-0.15, -0.1) is 0 Å². The second-order valence-corrected chi connectivity index (χ2v) is 3.69. The van der Waals surface area contributed by atoms with Crippen molar-refractivity contribution in [2.75, 3.05) is 11.9 Å². The van der Waals surface area contributed by atoms with E-state index in [-0.39, 0.29) is 12.5 Å². The Kier molecular flexibility index (Phi) is 3.90. The fraction of sp³-hybridized carbons (Fsp3) is 0.154. The van der Waals surface area contributed by atoms with Crippen molar-refractivity contribution in [3.8, 4) is 11.8 Å². The highest BCUT2D eigenvalue weighted by Gasteiger charge is 2.13. The van der Waals surface area contributed by atoms with Crippen LogP contribution in [0.5, 0.6) is 0 Å². The Hall–Kier alpha value is -2.65.